The van der Waals surface area contributed by atoms with Crippen molar-refractivity contribution in [3.05, 3.63) is 47.7 Å². The average Bonchev–Trinajstić information content (AvgIpc) is 3.02. The lowest BCUT2D eigenvalue weighted by molar-refractivity contribution is 0.0963. The van der Waals surface area contributed by atoms with Gasteiger partial charge in [-0.15, -0.1) is 0 Å². The average molecular weight is 354 g/mol. The Bertz CT molecular complexity index is 858. The highest BCUT2D eigenvalue weighted by Crippen LogP contribution is 2.26. The van der Waals surface area contributed by atoms with Gasteiger partial charge >= 0.3 is 13.1 Å². The molecule has 1 fully saturated rings. The maximum absolute atomic E-state index is 12.9. The summed E-state index contributed by atoms with van der Waals surface area (Å²) < 4.78 is 0. The molecule has 0 unspecified atom stereocenters. The number of urea groups is 1. The summed E-state index contributed by atoms with van der Waals surface area (Å²) in [5.74, 6) is 0.169. The van der Waals surface area contributed by atoms with Crippen LogP contribution in [0.2, 0.25) is 0 Å². The molecule has 2 heterocycles. The molecule has 1 aromatic heterocycles. The summed E-state index contributed by atoms with van der Waals surface area (Å²) in [4.78, 5) is 32.0. The molecule has 3 rings (SSSR count). The van der Waals surface area contributed by atoms with E-state index in [1.165, 1.54) is 17.2 Å². The van der Waals surface area contributed by atoms with E-state index < -0.39 is 7.12 Å². The Kier molecular flexibility index (Phi) is 4.92. The highest BCUT2D eigenvalue weighted by atomic mass is 16.4. The molecule has 0 aliphatic carbocycles. The highest BCUT2D eigenvalue weighted by Gasteiger charge is 2.33. The fourth-order valence-electron chi connectivity index (χ4n) is 3.02. The van der Waals surface area contributed by atoms with Gasteiger partial charge in [0.05, 0.1) is 0 Å². The molecule has 0 bridgehead atoms. The first kappa shape index (κ1) is 17.9. The van der Waals surface area contributed by atoms with E-state index >= 15 is 0 Å². The van der Waals surface area contributed by atoms with Crippen molar-refractivity contribution >= 4 is 36.0 Å². The van der Waals surface area contributed by atoms with Crippen molar-refractivity contribution in [2.24, 2.45) is 0 Å². The number of aromatic nitrogens is 1. The van der Waals surface area contributed by atoms with Gasteiger partial charge in [-0.05, 0) is 42.2 Å². The van der Waals surface area contributed by atoms with Gasteiger partial charge in [0, 0.05) is 37.6 Å². The molecule has 3 amide bonds. The predicted octanol–water partition coefficient (Wildman–Crippen LogP) is -0.124. The van der Waals surface area contributed by atoms with Crippen LogP contribution in [0.4, 0.5) is 16.3 Å². The molecule has 26 heavy (non-hydrogen) atoms. The van der Waals surface area contributed by atoms with E-state index in [4.69, 9.17) is 0 Å². The molecular formula is C17H19BN4O4. The van der Waals surface area contributed by atoms with Crippen molar-refractivity contribution in [3.63, 3.8) is 0 Å². The number of amides is 3. The normalized spacial score (nSPS) is 13.9. The quantitative estimate of drug-likeness (QED) is 0.664. The van der Waals surface area contributed by atoms with Crippen LogP contribution in [-0.2, 0) is 0 Å². The van der Waals surface area contributed by atoms with E-state index in [0.29, 0.717) is 41.2 Å². The van der Waals surface area contributed by atoms with E-state index in [2.05, 4.69) is 10.3 Å². The first-order chi connectivity index (χ1) is 12.4. The summed E-state index contributed by atoms with van der Waals surface area (Å²) in [6, 6.07) is 8.06. The van der Waals surface area contributed by atoms with Crippen molar-refractivity contribution in [1.29, 1.82) is 0 Å². The van der Waals surface area contributed by atoms with E-state index in [1.54, 1.807) is 43.1 Å². The summed E-state index contributed by atoms with van der Waals surface area (Å²) in [7, 11) is -0.0795. The van der Waals surface area contributed by atoms with Crippen molar-refractivity contribution in [2.45, 2.75) is 6.92 Å². The van der Waals surface area contributed by atoms with E-state index in [9.17, 15) is 19.6 Å². The van der Waals surface area contributed by atoms with E-state index in [1.807, 2.05) is 0 Å². The summed E-state index contributed by atoms with van der Waals surface area (Å²) in [5, 5.41) is 21.5. The number of hydrogen-bond donors (Lipinski definition) is 3. The Balaban J connectivity index is 1.90. The molecule has 8 nitrogen and oxygen atoms in total. The third-order valence-corrected chi connectivity index (χ3v) is 4.41. The predicted molar refractivity (Wildman–Crippen MR) is 98.7 cm³/mol. The standard InChI is InChI=1S/C17H19BN4O4/c1-11-14(18(25)26)6-7-20-15(11)22-9-8-21(17(22)24)13-5-3-4-12(10-13)16(23)19-2/h3-7,10,25-26H,8-9H2,1-2H3,(H,19,23). The lowest BCUT2D eigenvalue weighted by Crippen LogP contribution is -2.37. The Hall–Kier alpha value is -2.91. The van der Waals surface area contributed by atoms with Crippen LogP contribution in [0.3, 0.4) is 0 Å². The van der Waals surface area contributed by atoms with Crippen LogP contribution in [0.25, 0.3) is 0 Å². The van der Waals surface area contributed by atoms with Crippen LogP contribution in [0.15, 0.2) is 36.5 Å². The Morgan fingerprint density at radius 1 is 1.23 bits per heavy atom. The lowest BCUT2D eigenvalue weighted by atomic mass is 9.78. The smallest absolute Gasteiger partial charge is 0.423 e. The number of benzene rings is 1. The minimum absolute atomic E-state index is 0.225. The second-order valence-electron chi connectivity index (χ2n) is 5.94. The van der Waals surface area contributed by atoms with Gasteiger partial charge in [0.1, 0.15) is 5.82 Å². The molecule has 2 aromatic rings. The second kappa shape index (κ2) is 7.15. The zero-order chi connectivity index (χ0) is 18.8. The van der Waals surface area contributed by atoms with Gasteiger partial charge in [-0.25, -0.2) is 9.78 Å². The SMILES string of the molecule is CNC(=O)c1cccc(N2CCN(c3nccc(B(O)O)c3C)C2=O)c1. The summed E-state index contributed by atoms with van der Waals surface area (Å²) >= 11 is 0. The lowest BCUT2D eigenvalue weighted by Gasteiger charge is -2.20. The highest BCUT2D eigenvalue weighted by molar-refractivity contribution is 6.59. The fraction of sp³-hybridized carbons (Fsp3) is 0.235. The number of rotatable bonds is 4. The molecule has 0 atom stereocenters. The first-order valence-electron chi connectivity index (χ1n) is 8.17. The van der Waals surface area contributed by atoms with Crippen molar-refractivity contribution in [1.82, 2.24) is 10.3 Å². The fourth-order valence-corrected chi connectivity index (χ4v) is 3.02. The van der Waals surface area contributed by atoms with Gasteiger partial charge in [0.25, 0.3) is 5.91 Å². The zero-order valence-corrected chi connectivity index (χ0v) is 14.5. The van der Waals surface area contributed by atoms with Crippen LogP contribution in [0.1, 0.15) is 15.9 Å². The Labute approximate surface area is 151 Å². The van der Waals surface area contributed by atoms with Gasteiger partial charge in [0.15, 0.2) is 0 Å². The van der Waals surface area contributed by atoms with Crippen molar-refractivity contribution in [3.8, 4) is 0 Å². The molecule has 1 saturated heterocycles. The number of pyridine rings is 1. The van der Waals surface area contributed by atoms with Crippen LogP contribution in [-0.4, -0.2) is 54.2 Å². The van der Waals surface area contributed by atoms with Gasteiger partial charge < -0.3 is 15.4 Å². The maximum Gasteiger partial charge on any atom is 0.488 e. The van der Waals surface area contributed by atoms with Gasteiger partial charge in [-0.1, -0.05) is 6.07 Å². The van der Waals surface area contributed by atoms with Crippen LogP contribution in [0.5, 0.6) is 0 Å². The second-order valence-corrected chi connectivity index (χ2v) is 5.94. The summed E-state index contributed by atoms with van der Waals surface area (Å²) in [6.45, 7) is 2.53. The monoisotopic (exact) mass is 354 g/mol. The topological polar surface area (TPSA) is 106 Å². The maximum atomic E-state index is 12.9. The molecule has 1 aliphatic rings. The zero-order valence-electron chi connectivity index (χ0n) is 14.5. The van der Waals surface area contributed by atoms with E-state index in [0.717, 1.165) is 0 Å². The van der Waals surface area contributed by atoms with Crippen molar-refractivity contribution < 1.29 is 19.6 Å². The first-order valence-corrected chi connectivity index (χ1v) is 8.17. The Morgan fingerprint density at radius 3 is 2.65 bits per heavy atom. The molecule has 0 radical (unpaired) electrons. The van der Waals surface area contributed by atoms with Crippen LogP contribution < -0.4 is 20.6 Å². The Morgan fingerprint density at radius 2 is 1.96 bits per heavy atom. The number of carbonyl (C=O) groups excluding carboxylic acids is 2. The van der Waals surface area contributed by atoms with E-state index in [-0.39, 0.29) is 11.9 Å². The molecule has 1 aliphatic heterocycles. The van der Waals surface area contributed by atoms with Crippen LogP contribution >= 0.6 is 0 Å². The van der Waals surface area contributed by atoms with Crippen molar-refractivity contribution in [2.75, 3.05) is 29.9 Å². The molecule has 0 saturated carbocycles. The summed E-state index contributed by atoms with van der Waals surface area (Å²) in [5.41, 5.74) is 1.94. The summed E-state index contributed by atoms with van der Waals surface area (Å²) in [6.07, 6.45) is 1.44. The molecule has 1 aromatic carbocycles. The van der Waals surface area contributed by atoms with Gasteiger partial charge in [0.2, 0.25) is 0 Å². The molecular weight excluding hydrogens is 335 g/mol. The molecule has 134 valence electrons. The number of nitrogens with zero attached hydrogens (tertiary/aromatic N) is 3. The van der Waals surface area contributed by atoms with Gasteiger partial charge in [-0.3, -0.25) is 14.6 Å². The number of hydrogen-bond acceptors (Lipinski definition) is 5. The molecule has 3 N–H and O–H groups in total. The van der Waals surface area contributed by atoms with Crippen LogP contribution in [0, 0.1) is 6.92 Å². The number of carbonyl (C=O) groups is 2. The number of nitrogens with one attached hydrogen (secondary N) is 1. The third kappa shape index (κ3) is 3.14. The molecule has 9 heteroatoms. The third-order valence-electron chi connectivity index (χ3n) is 4.41. The molecule has 0 spiro atoms. The minimum Gasteiger partial charge on any atom is -0.423 e. The largest absolute Gasteiger partial charge is 0.488 e. The minimum atomic E-state index is -1.63. The number of anilines is 2. The van der Waals surface area contributed by atoms with Gasteiger partial charge in [-0.2, -0.15) is 0 Å².